The molecule has 0 aromatic heterocycles. The summed E-state index contributed by atoms with van der Waals surface area (Å²) in [6, 6.07) is 15.6. The van der Waals surface area contributed by atoms with Crippen molar-refractivity contribution in [3.05, 3.63) is 60.2 Å². The van der Waals surface area contributed by atoms with Crippen molar-refractivity contribution in [2.75, 3.05) is 29.8 Å². The Kier molecular flexibility index (Phi) is 5.28. The van der Waals surface area contributed by atoms with Crippen LogP contribution in [-0.2, 0) is 19.6 Å². The molecule has 0 atom stereocenters. The Morgan fingerprint density at radius 1 is 1.03 bits per heavy atom. The highest BCUT2D eigenvalue weighted by molar-refractivity contribution is 7.93. The highest BCUT2D eigenvalue weighted by Gasteiger charge is 2.36. The molecule has 1 aliphatic rings. The number of hydrogen-bond acceptors (Lipinski definition) is 5. The summed E-state index contributed by atoms with van der Waals surface area (Å²) in [6.07, 6.45) is 0. The summed E-state index contributed by atoms with van der Waals surface area (Å²) in [6.45, 7) is 1.16. The van der Waals surface area contributed by atoms with E-state index >= 15 is 0 Å². The number of aryl methyl sites for hydroxylation is 1. The number of carbonyl (C=O) groups is 2. The van der Waals surface area contributed by atoms with Crippen LogP contribution in [0.4, 0.5) is 11.4 Å². The van der Waals surface area contributed by atoms with Crippen LogP contribution in [0.2, 0.25) is 0 Å². The third kappa shape index (κ3) is 3.79. The molecule has 1 aliphatic heterocycles. The normalized spacial score (nSPS) is 13.8. The Morgan fingerprint density at radius 3 is 2.52 bits per heavy atom. The first kappa shape index (κ1) is 20.7. The molecule has 3 aromatic rings. The van der Waals surface area contributed by atoms with Crippen molar-refractivity contribution in [3.63, 3.8) is 0 Å². The van der Waals surface area contributed by atoms with Crippen molar-refractivity contribution in [1.82, 2.24) is 5.32 Å². The Morgan fingerprint density at radius 2 is 1.77 bits per heavy atom. The van der Waals surface area contributed by atoms with E-state index in [9.17, 15) is 18.0 Å². The van der Waals surface area contributed by atoms with Gasteiger partial charge in [0.05, 0.1) is 29.9 Å². The lowest BCUT2D eigenvalue weighted by Crippen LogP contribution is -2.41. The van der Waals surface area contributed by atoms with E-state index in [-0.39, 0.29) is 11.4 Å². The molecule has 0 spiro atoms. The molecule has 2 N–H and O–H groups in total. The Balaban J connectivity index is 1.44. The predicted molar refractivity (Wildman–Crippen MR) is 118 cm³/mol. The van der Waals surface area contributed by atoms with Gasteiger partial charge in [0.15, 0.2) is 0 Å². The maximum absolute atomic E-state index is 12.9. The van der Waals surface area contributed by atoms with E-state index in [1.165, 1.54) is 13.2 Å². The SMILES string of the molecule is COc1ccc(C)cc1NC(=O)CNC(=O)CN1c2cccc3cccc(c23)S1(=O)=O. The van der Waals surface area contributed by atoms with E-state index in [1.807, 2.05) is 25.1 Å². The third-order valence-electron chi connectivity index (χ3n) is 5.04. The van der Waals surface area contributed by atoms with Crippen molar-refractivity contribution in [2.24, 2.45) is 0 Å². The fourth-order valence-electron chi connectivity index (χ4n) is 3.61. The molecule has 0 saturated heterocycles. The molecule has 9 heteroatoms. The summed E-state index contributed by atoms with van der Waals surface area (Å²) < 4.78 is 32.2. The highest BCUT2D eigenvalue weighted by atomic mass is 32.2. The van der Waals surface area contributed by atoms with Crippen LogP contribution >= 0.6 is 0 Å². The summed E-state index contributed by atoms with van der Waals surface area (Å²) in [5.74, 6) is -0.536. The second-order valence-electron chi connectivity index (χ2n) is 7.17. The molecule has 0 aliphatic carbocycles. The largest absolute Gasteiger partial charge is 0.495 e. The maximum atomic E-state index is 12.9. The molecule has 1 heterocycles. The Labute approximate surface area is 179 Å². The number of anilines is 2. The van der Waals surface area contributed by atoms with Crippen LogP contribution in [0, 0.1) is 6.92 Å². The van der Waals surface area contributed by atoms with Crippen LogP contribution in [0.5, 0.6) is 5.75 Å². The Bertz CT molecular complexity index is 1300. The first-order chi connectivity index (χ1) is 14.8. The molecule has 0 saturated carbocycles. The molecular weight excluding hydrogens is 418 g/mol. The summed E-state index contributed by atoms with van der Waals surface area (Å²) >= 11 is 0. The minimum atomic E-state index is -3.84. The molecule has 8 nitrogen and oxygen atoms in total. The molecule has 2 amide bonds. The lowest BCUT2D eigenvalue weighted by molar-refractivity contribution is -0.123. The quantitative estimate of drug-likeness (QED) is 0.614. The number of sulfonamides is 1. The van der Waals surface area contributed by atoms with Gasteiger partial charge in [0.25, 0.3) is 10.0 Å². The summed E-state index contributed by atoms with van der Waals surface area (Å²) in [5, 5.41) is 6.55. The van der Waals surface area contributed by atoms with Gasteiger partial charge in [0, 0.05) is 5.39 Å². The van der Waals surface area contributed by atoms with Gasteiger partial charge < -0.3 is 15.4 Å². The smallest absolute Gasteiger partial charge is 0.265 e. The van der Waals surface area contributed by atoms with Gasteiger partial charge in [0.2, 0.25) is 11.8 Å². The number of ether oxygens (including phenoxy) is 1. The summed E-state index contributed by atoms with van der Waals surface area (Å²) in [5.41, 5.74) is 1.89. The van der Waals surface area contributed by atoms with Gasteiger partial charge in [-0.25, -0.2) is 8.42 Å². The number of amides is 2. The van der Waals surface area contributed by atoms with E-state index in [1.54, 1.807) is 30.3 Å². The zero-order valence-corrected chi connectivity index (χ0v) is 17.8. The molecular formula is C22H21N3O5S. The van der Waals surface area contributed by atoms with Crippen molar-refractivity contribution >= 4 is 44.0 Å². The van der Waals surface area contributed by atoms with Gasteiger partial charge >= 0.3 is 0 Å². The van der Waals surface area contributed by atoms with Crippen LogP contribution < -0.4 is 19.7 Å². The van der Waals surface area contributed by atoms with E-state index < -0.39 is 28.4 Å². The zero-order chi connectivity index (χ0) is 22.2. The van der Waals surface area contributed by atoms with Gasteiger partial charge in [-0.15, -0.1) is 0 Å². The maximum Gasteiger partial charge on any atom is 0.265 e. The average molecular weight is 439 g/mol. The molecule has 31 heavy (non-hydrogen) atoms. The van der Waals surface area contributed by atoms with E-state index in [0.717, 1.165) is 15.3 Å². The van der Waals surface area contributed by atoms with Crippen LogP contribution in [0.1, 0.15) is 5.56 Å². The van der Waals surface area contributed by atoms with Gasteiger partial charge in [-0.05, 0) is 42.1 Å². The number of methoxy groups -OCH3 is 1. The lowest BCUT2D eigenvalue weighted by atomic mass is 10.1. The third-order valence-corrected chi connectivity index (χ3v) is 6.85. The minimum Gasteiger partial charge on any atom is -0.495 e. The number of nitrogens with zero attached hydrogens (tertiary/aromatic N) is 1. The topological polar surface area (TPSA) is 105 Å². The second-order valence-corrected chi connectivity index (χ2v) is 9.00. The van der Waals surface area contributed by atoms with Gasteiger partial charge in [0.1, 0.15) is 12.3 Å². The van der Waals surface area contributed by atoms with E-state index in [4.69, 9.17) is 4.74 Å². The zero-order valence-electron chi connectivity index (χ0n) is 17.0. The lowest BCUT2D eigenvalue weighted by Gasteiger charge is -2.18. The first-order valence-corrected chi connectivity index (χ1v) is 11.0. The van der Waals surface area contributed by atoms with E-state index in [0.29, 0.717) is 22.5 Å². The standard InChI is InChI=1S/C22H21N3O5S/c1-14-9-10-18(30-2)16(11-14)24-20(26)12-23-21(27)13-25-17-7-3-5-15-6-4-8-19(22(15)17)31(25,28)29/h3-11H,12-13H2,1-2H3,(H,23,27)(H,24,26). The predicted octanol–water partition coefficient (Wildman–Crippen LogP) is 2.42. The second kappa shape index (κ2) is 7.92. The van der Waals surface area contributed by atoms with Crippen LogP contribution in [0.15, 0.2) is 59.5 Å². The molecule has 4 rings (SSSR count). The molecule has 0 radical (unpaired) electrons. The first-order valence-electron chi connectivity index (χ1n) is 9.57. The van der Waals surface area contributed by atoms with Crippen molar-refractivity contribution in [2.45, 2.75) is 11.8 Å². The minimum absolute atomic E-state index is 0.178. The van der Waals surface area contributed by atoms with Crippen LogP contribution in [-0.4, -0.2) is 40.4 Å². The monoisotopic (exact) mass is 439 g/mol. The van der Waals surface area contributed by atoms with Crippen LogP contribution in [0.25, 0.3) is 10.8 Å². The number of rotatable bonds is 6. The summed E-state index contributed by atoms with van der Waals surface area (Å²) in [7, 11) is -2.34. The van der Waals surface area contributed by atoms with Crippen molar-refractivity contribution < 1.29 is 22.7 Å². The average Bonchev–Trinajstić information content (AvgIpc) is 2.96. The molecule has 0 unspecified atom stereocenters. The number of nitrogens with one attached hydrogen (secondary N) is 2. The highest BCUT2D eigenvalue weighted by Crippen LogP contribution is 2.41. The van der Waals surface area contributed by atoms with E-state index in [2.05, 4.69) is 10.6 Å². The number of carbonyl (C=O) groups excluding carboxylic acids is 2. The van der Waals surface area contributed by atoms with Gasteiger partial charge in [-0.1, -0.05) is 30.3 Å². The number of benzene rings is 3. The molecule has 0 fully saturated rings. The molecule has 3 aromatic carbocycles. The van der Waals surface area contributed by atoms with Crippen molar-refractivity contribution in [3.8, 4) is 5.75 Å². The summed E-state index contributed by atoms with van der Waals surface area (Å²) in [4.78, 5) is 24.9. The van der Waals surface area contributed by atoms with Gasteiger partial charge in [-0.2, -0.15) is 0 Å². The van der Waals surface area contributed by atoms with Gasteiger partial charge in [-0.3, -0.25) is 13.9 Å². The molecule has 0 bridgehead atoms. The molecule has 160 valence electrons. The Hall–Kier alpha value is -3.59. The van der Waals surface area contributed by atoms with Crippen LogP contribution in [0.3, 0.4) is 0 Å². The van der Waals surface area contributed by atoms with Crippen molar-refractivity contribution in [1.29, 1.82) is 0 Å². The fourth-order valence-corrected chi connectivity index (χ4v) is 5.27. The fraction of sp³-hybridized carbons (Fsp3) is 0.182. The number of hydrogen-bond donors (Lipinski definition) is 2.